The Balaban J connectivity index is 1.87. The van der Waals surface area contributed by atoms with Crippen molar-refractivity contribution in [3.05, 3.63) is 22.4 Å². The van der Waals surface area contributed by atoms with Crippen molar-refractivity contribution in [3.63, 3.8) is 0 Å². The molecule has 2 heterocycles. The lowest BCUT2D eigenvalue weighted by Crippen LogP contribution is -2.40. The molecule has 2 unspecified atom stereocenters. The Morgan fingerprint density at radius 3 is 2.52 bits per heavy atom. The zero-order chi connectivity index (χ0) is 14.8. The van der Waals surface area contributed by atoms with Gasteiger partial charge in [-0.25, -0.2) is 0 Å². The smallest absolute Gasteiger partial charge is 0.241 e. The lowest BCUT2D eigenvalue weighted by molar-refractivity contribution is -0.133. The van der Waals surface area contributed by atoms with Crippen LogP contribution in [0.3, 0.4) is 0 Å². The molecular formula is C17H26N2OS. The normalized spacial score (nSPS) is 28.3. The van der Waals surface area contributed by atoms with Crippen molar-refractivity contribution in [2.75, 3.05) is 0 Å². The average molecular weight is 306 g/mol. The average Bonchev–Trinajstić information content (AvgIpc) is 3.00. The fourth-order valence-corrected chi connectivity index (χ4v) is 4.46. The van der Waals surface area contributed by atoms with Gasteiger partial charge in [-0.1, -0.05) is 45.6 Å². The number of hydrogen-bond acceptors (Lipinski definition) is 3. The van der Waals surface area contributed by atoms with E-state index in [9.17, 15) is 4.79 Å². The molecule has 1 N–H and O–H groups in total. The number of carbonyl (C=O) groups excluding carboxylic acids is 1. The minimum Gasteiger partial charge on any atom is -0.318 e. The maximum absolute atomic E-state index is 12.9. The first kappa shape index (κ1) is 15.0. The molecule has 4 heteroatoms. The predicted molar refractivity (Wildman–Crippen MR) is 87.2 cm³/mol. The standard InChI is InChI=1S/C17H26N2OS/c1-12(2)15-17(20)19(13-8-5-3-4-6-9-13)16(18-15)14-10-7-11-21-14/h7,10-13,15-16,18H,3-6,8-9H2,1-2H3. The Morgan fingerprint density at radius 1 is 1.24 bits per heavy atom. The first-order chi connectivity index (χ1) is 10.2. The van der Waals surface area contributed by atoms with Crippen LogP contribution in [0.4, 0.5) is 0 Å². The van der Waals surface area contributed by atoms with E-state index in [1.54, 1.807) is 11.3 Å². The van der Waals surface area contributed by atoms with Crippen molar-refractivity contribution >= 4 is 17.2 Å². The SMILES string of the molecule is CC(C)C1NC(c2cccs2)N(C2CCCCCC2)C1=O. The minimum atomic E-state index is -0.0275. The van der Waals surface area contributed by atoms with E-state index in [1.807, 2.05) is 0 Å². The van der Waals surface area contributed by atoms with Gasteiger partial charge in [-0.3, -0.25) is 10.1 Å². The number of nitrogens with one attached hydrogen (secondary N) is 1. The molecule has 3 nitrogen and oxygen atoms in total. The van der Waals surface area contributed by atoms with Gasteiger partial charge in [0.2, 0.25) is 5.91 Å². The summed E-state index contributed by atoms with van der Waals surface area (Å²) < 4.78 is 0. The van der Waals surface area contributed by atoms with Gasteiger partial charge in [0.25, 0.3) is 0 Å². The van der Waals surface area contributed by atoms with Crippen molar-refractivity contribution in [1.82, 2.24) is 10.2 Å². The Bertz CT molecular complexity index is 463. The highest BCUT2D eigenvalue weighted by molar-refractivity contribution is 7.10. The zero-order valence-electron chi connectivity index (χ0n) is 13.0. The van der Waals surface area contributed by atoms with Gasteiger partial charge in [0.15, 0.2) is 0 Å². The molecule has 0 aromatic carbocycles. The lowest BCUT2D eigenvalue weighted by atomic mass is 10.0. The Morgan fingerprint density at radius 2 is 1.95 bits per heavy atom. The van der Waals surface area contributed by atoms with E-state index in [4.69, 9.17) is 0 Å². The van der Waals surface area contributed by atoms with Crippen LogP contribution in [0.2, 0.25) is 0 Å². The maximum Gasteiger partial charge on any atom is 0.241 e. The lowest BCUT2D eigenvalue weighted by Gasteiger charge is -2.31. The van der Waals surface area contributed by atoms with Crippen molar-refractivity contribution in [1.29, 1.82) is 0 Å². The van der Waals surface area contributed by atoms with Gasteiger partial charge < -0.3 is 4.90 Å². The second-order valence-electron chi connectivity index (χ2n) is 6.70. The number of thiophene rings is 1. The molecule has 1 aliphatic heterocycles. The molecule has 0 bridgehead atoms. The molecule has 1 aliphatic carbocycles. The number of hydrogen-bond donors (Lipinski definition) is 1. The third-order valence-electron chi connectivity index (χ3n) is 4.83. The van der Waals surface area contributed by atoms with Crippen LogP contribution < -0.4 is 5.32 Å². The van der Waals surface area contributed by atoms with Crippen LogP contribution in [0.25, 0.3) is 0 Å². The van der Waals surface area contributed by atoms with Crippen LogP contribution in [0, 0.1) is 5.92 Å². The number of carbonyl (C=O) groups is 1. The summed E-state index contributed by atoms with van der Waals surface area (Å²) in [4.78, 5) is 16.4. The van der Waals surface area contributed by atoms with Crippen LogP contribution in [0.5, 0.6) is 0 Å². The Hall–Kier alpha value is -0.870. The summed E-state index contributed by atoms with van der Waals surface area (Å²) >= 11 is 1.75. The van der Waals surface area contributed by atoms with E-state index >= 15 is 0 Å². The highest BCUT2D eigenvalue weighted by Crippen LogP contribution is 2.36. The quantitative estimate of drug-likeness (QED) is 0.858. The maximum atomic E-state index is 12.9. The van der Waals surface area contributed by atoms with Crippen molar-refractivity contribution < 1.29 is 4.79 Å². The van der Waals surface area contributed by atoms with Crippen molar-refractivity contribution in [2.24, 2.45) is 5.92 Å². The fraction of sp³-hybridized carbons (Fsp3) is 0.706. The van der Waals surface area contributed by atoms with Gasteiger partial charge in [-0.2, -0.15) is 0 Å². The number of amides is 1. The summed E-state index contributed by atoms with van der Waals surface area (Å²) in [5.74, 6) is 0.658. The van der Waals surface area contributed by atoms with Crippen LogP contribution in [0.15, 0.2) is 17.5 Å². The highest BCUT2D eigenvalue weighted by atomic mass is 32.1. The largest absolute Gasteiger partial charge is 0.318 e. The highest BCUT2D eigenvalue weighted by Gasteiger charge is 2.44. The van der Waals surface area contributed by atoms with Gasteiger partial charge in [-0.15, -0.1) is 11.3 Å². The van der Waals surface area contributed by atoms with Gasteiger partial charge >= 0.3 is 0 Å². The van der Waals surface area contributed by atoms with E-state index in [0.29, 0.717) is 17.9 Å². The van der Waals surface area contributed by atoms with E-state index in [-0.39, 0.29) is 12.2 Å². The molecule has 2 atom stereocenters. The van der Waals surface area contributed by atoms with Crippen LogP contribution in [-0.4, -0.2) is 22.9 Å². The predicted octanol–water partition coefficient (Wildman–Crippen LogP) is 3.93. The summed E-state index contributed by atoms with van der Waals surface area (Å²) in [6, 6.07) is 4.63. The Labute approximate surface area is 131 Å². The van der Waals surface area contributed by atoms with Crippen LogP contribution in [-0.2, 0) is 4.79 Å². The first-order valence-electron chi connectivity index (χ1n) is 8.30. The van der Waals surface area contributed by atoms with E-state index in [0.717, 1.165) is 0 Å². The molecule has 21 heavy (non-hydrogen) atoms. The molecule has 0 spiro atoms. The van der Waals surface area contributed by atoms with Crippen LogP contribution >= 0.6 is 11.3 Å². The van der Waals surface area contributed by atoms with Gasteiger partial charge in [0.05, 0.1) is 6.04 Å². The van der Waals surface area contributed by atoms with E-state index < -0.39 is 0 Å². The summed E-state index contributed by atoms with van der Waals surface area (Å²) in [5.41, 5.74) is 0. The fourth-order valence-electron chi connectivity index (χ4n) is 3.68. The summed E-state index contributed by atoms with van der Waals surface area (Å²) in [7, 11) is 0. The molecule has 2 fully saturated rings. The topological polar surface area (TPSA) is 32.3 Å². The third-order valence-corrected chi connectivity index (χ3v) is 5.76. The van der Waals surface area contributed by atoms with Crippen LogP contribution in [0.1, 0.15) is 63.4 Å². The molecule has 1 aromatic heterocycles. The third kappa shape index (κ3) is 3.02. The Kier molecular flexibility index (Phi) is 4.65. The first-order valence-corrected chi connectivity index (χ1v) is 9.18. The van der Waals surface area contributed by atoms with E-state index in [1.165, 1.54) is 43.4 Å². The molecule has 2 aliphatic rings. The molecule has 1 amide bonds. The van der Waals surface area contributed by atoms with Crippen molar-refractivity contribution in [2.45, 2.75) is 70.6 Å². The minimum absolute atomic E-state index is 0.0275. The second-order valence-corrected chi connectivity index (χ2v) is 7.68. The second kappa shape index (κ2) is 6.49. The molecule has 1 saturated heterocycles. The molecule has 3 rings (SSSR count). The molecule has 116 valence electrons. The summed E-state index contributed by atoms with van der Waals surface area (Å²) in [6.07, 6.45) is 7.59. The zero-order valence-corrected chi connectivity index (χ0v) is 13.9. The number of nitrogens with zero attached hydrogens (tertiary/aromatic N) is 1. The molecule has 0 radical (unpaired) electrons. The van der Waals surface area contributed by atoms with E-state index in [2.05, 4.69) is 41.6 Å². The van der Waals surface area contributed by atoms with Gasteiger partial charge in [0, 0.05) is 10.9 Å². The molecule has 1 saturated carbocycles. The van der Waals surface area contributed by atoms with Gasteiger partial charge in [-0.05, 0) is 30.2 Å². The summed E-state index contributed by atoms with van der Waals surface area (Å²) in [5, 5.41) is 5.70. The van der Waals surface area contributed by atoms with Crippen molar-refractivity contribution in [3.8, 4) is 0 Å². The number of rotatable bonds is 3. The molecular weight excluding hydrogens is 280 g/mol. The van der Waals surface area contributed by atoms with Gasteiger partial charge in [0.1, 0.15) is 6.17 Å². The monoisotopic (exact) mass is 306 g/mol. The summed E-state index contributed by atoms with van der Waals surface area (Å²) in [6.45, 7) is 4.27. The molecule has 1 aromatic rings.